The van der Waals surface area contributed by atoms with E-state index in [0.717, 1.165) is 5.56 Å². The molecule has 0 radical (unpaired) electrons. The maximum absolute atomic E-state index is 13.9. The van der Waals surface area contributed by atoms with Crippen LogP contribution in [0.3, 0.4) is 0 Å². The van der Waals surface area contributed by atoms with E-state index in [4.69, 9.17) is 16.3 Å². The third-order valence-electron chi connectivity index (χ3n) is 5.06. The zero-order chi connectivity index (χ0) is 22.8. The second-order valence-electron chi connectivity index (χ2n) is 7.14. The van der Waals surface area contributed by atoms with Gasteiger partial charge in [0.1, 0.15) is 5.82 Å². The number of methoxy groups -OCH3 is 1. The number of ether oxygens (including phenoxy) is 1. The molecule has 4 rings (SSSR count). The van der Waals surface area contributed by atoms with Gasteiger partial charge in [0.05, 0.1) is 36.5 Å². The molecule has 9 heteroatoms. The molecule has 0 saturated carbocycles. The van der Waals surface area contributed by atoms with Crippen molar-refractivity contribution in [2.45, 2.75) is 19.4 Å². The molecule has 2 aliphatic heterocycles. The second kappa shape index (κ2) is 9.18. The minimum atomic E-state index is -0.573. The number of amidine groups is 1. The van der Waals surface area contributed by atoms with Crippen LogP contribution in [0.15, 0.2) is 75.9 Å². The molecule has 1 atom stereocenters. The van der Waals surface area contributed by atoms with Crippen molar-refractivity contribution in [3.8, 4) is 0 Å². The topological polar surface area (TPSA) is 71.0 Å². The van der Waals surface area contributed by atoms with Crippen molar-refractivity contribution in [2.75, 3.05) is 12.4 Å². The smallest absolute Gasteiger partial charge is 0.338 e. The van der Waals surface area contributed by atoms with Crippen LogP contribution in [0.4, 0.5) is 10.1 Å². The van der Waals surface area contributed by atoms with Gasteiger partial charge in [-0.25, -0.2) is 14.2 Å². The Labute approximate surface area is 193 Å². The highest BCUT2D eigenvalue weighted by Gasteiger charge is 2.41. The SMILES string of the molecule is COC(=O)C1=C(C)N=C2SC=C(CC(=O)Nc3ccccc3F)N2C1c1cccc(Cl)c1. The predicted molar refractivity (Wildman–Crippen MR) is 124 cm³/mol. The van der Waals surface area contributed by atoms with Gasteiger partial charge in [-0.05, 0) is 42.2 Å². The summed E-state index contributed by atoms with van der Waals surface area (Å²) in [5.74, 6) is -1.42. The maximum atomic E-state index is 13.9. The number of para-hydroxylation sites is 1. The first-order valence-electron chi connectivity index (χ1n) is 9.71. The Hall–Kier alpha value is -3.10. The van der Waals surface area contributed by atoms with Gasteiger partial charge in [0.25, 0.3) is 0 Å². The average molecular weight is 472 g/mol. The monoisotopic (exact) mass is 471 g/mol. The molecule has 0 aliphatic carbocycles. The first-order chi connectivity index (χ1) is 15.4. The number of halogens is 2. The van der Waals surface area contributed by atoms with Crippen molar-refractivity contribution in [2.24, 2.45) is 4.99 Å². The molecule has 2 aliphatic rings. The summed E-state index contributed by atoms with van der Waals surface area (Å²) in [6.07, 6.45) is -0.0368. The lowest BCUT2D eigenvalue weighted by Crippen LogP contribution is -2.37. The van der Waals surface area contributed by atoms with E-state index in [1.54, 1.807) is 37.3 Å². The summed E-state index contributed by atoms with van der Waals surface area (Å²) in [5, 5.41) is 5.56. The number of hydrogen-bond donors (Lipinski definition) is 1. The van der Waals surface area contributed by atoms with E-state index >= 15 is 0 Å². The molecular weight excluding hydrogens is 453 g/mol. The van der Waals surface area contributed by atoms with E-state index < -0.39 is 17.8 Å². The Morgan fingerprint density at radius 3 is 2.75 bits per heavy atom. The highest BCUT2D eigenvalue weighted by Crippen LogP contribution is 2.45. The molecule has 0 spiro atoms. The highest BCUT2D eigenvalue weighted by atomic mass is 35.5. The number of carbonyl (C=O) groups is 2. The average Bonchev–Trinajstić information content (AvgIpc) is 3.15. The largest absolute Gasteiger partial charge is 0.466 e. The van der Waals surface area contributed by atoms with Gasteiger partial charge in [0, 0.05) is 10.7 Å². The number of thioether (sulfide) groups is 1. The van der Waals surface area contributed by atoms with Gasteiger partial charge >= 0.3 is 5.97 Å². The van der Waals surface area contributed by atoms with Gasteiger partial charge in [0.15, 0.2) is 5.17 Å². The van der Waals surface area contributed by atoms with Crippen LogP contribution in [0, 0.1) is 5.82 Å². The van der Waals surface area contributed by atoms with Crippen LogP contribution < -0.4 is 5.32 Å². The lowest BCUT2D eigenvalue weighted by atomic mass is 9.94. The van der Waals surface area contributed by atoms with Gasteiger partial charge in [-0.15, -0.1) is 0 Å². The Bertz CT molecular complexity index is 1190. The van der Waals surface area contributed by atoms with Crippen molar-refractivity contribution < 1.29 is 18.7 Å². The van der Waals surface area contributed by atoms with Crippen LogP contribution in [-0.4, -0.2) is 29.1 Å². The molecule has 32 heavy (non-hydrogen) atoms. The summed E-state index contributed by atoms with van der Waals surface area (Å²) in [4.78, 5) is 31.8. The molecule has 1 N–H and O–H groups in total. The fourth-order valence-electron chi connectivity index (χ4n) is 3.65. The first kappa shape index (κ1) is 22.1. The van der Waals surface area contributed by atoms with E-state index in [1.807, 2.05) is 16.4 Å². The lowest BCUT2D eigenvalue weighted by Gasteiger charge is -2.36. The zero-order valence-corrected chi connectivity index (χ0v) is 18.8. The van der Waals surface area contributed by atoms with Gasteiger partial charge < -0.3 is 15.0 Å². The number of esters is 1. The zero-order valence-electron chi connectivity index (χ0n) is 17.3. The summed E-state index contributed by atoms with van der Waals surface area (Å²) in [5.41, 5.74) is 2.38. The fraction of sp³-hybridized carbons (Fsp3) is 0.174. The molecule has 1 amide bonds. The van der Waals surface area contributed by atoms with E-state index in [1.165, 1.54) is 31.0 Å². The van der Waals surface area contributed by atoms with E-state index in [-0.39, 0.29) is 18.0 Å². The number of amides is 1. The number of nitrogens with zero attached hydrogens (tertiary/aromatic N) is 2. The molecule has 164 valence electrons. The minimum Gasteiger partial charge on any atom is -0.466 e. The summed E-state index contributed by atoms with van der Waals surface area (Å²) >= 11 is 7.58. The summed E-state index contributed by atoms with van der Waals surface area (Å²) in [6.45, 7) is 1.75. The number of fused-ring (bicyclic) bond motifs is 1. The lowest BCUT2D eigenvalue weighted by molar-refractivity contribution is -0.136. The standard InChI is InChI=1S/C23H19ClFN3O3S/c1-13-20(22(30)31-2)21(14-6-5-7-15(24)10-14)28-16(12-32-23(28)26-13)11-19(29)27-18-9-4-3-8-17(18)25/h3-10,12,21H,11H2,1-2H3,(H,27,29). The summed E-state index contributed by atoms with van der Waals surface area (Å²) in [6, 6.07) is 12.6. The van der Waals surface area contributed by atoms with Gasteiger partial charge in [0.2, 0.25) is 5.91 Å². The van der Waals surface area contributed by atoms with Gasteiger partial charge in [-0.2, -0.15) is 0 Å². The Kier molecular flexibility index (Phi) is 6.34. The van der Waals surface area contributed by atoms with E-state index in [2.05, 4.69) is 10.3 Å². The molecule has 0 bridgehead atoms. The quantitative estimate of drug-likeness (QED) is 0.602. The number of allylic oxidation sites excluding steroid dienone is 1. The van der Waals surface area contributed by atoms with Crippen LogP contribution in [0.25, 0.3) is 0 Å². The molecule has 0 fully saturated rings. The fourth-order valence-corrected chi connectivity index (χ4v) is 4.82. The van der Waals surface area contributed by atoms with E-state index in [0.29, 0.717) is 27.2 Å². The van der Waals surface area contributed by atoms with Crippen LogP contribution >= 0.6 is 23.4 Å². The third kappa shape index (κ3) is 4.28. The third-order valence-corrected chi connectivity index (χ3v) is 6.18. The van der Waals surface area contributed by atoms with Crippen molar-refractivity contribution in [3.63, 3.8) is 0 Å². The van der Waals surface area contributed by atoms with Crippen LogP contribution in [0.2, 0.25) is 5.02 Å². The predicted octanol–water partition coefficient (Wildman–Crippen LogP) is 5.26. The van der Waals surface area contributed by atoms with Gasteiger partial charge in [-0.3, -0.25) is 4.79 Å². The van der Waals surface area contributed by atoms with Crippen molar-refractivity contribution >= 4 is 46.1 Å². The van der Waals surface area contributed by atoms with Crippen molar-refractivity contribution in [1.29, 1.82) is 0 Å². The van der Waals surface area contributed by atoms with Crippen LogP contribution in [0.5, 0.6) is 0 Å². The number of hydrogen-bond acceptors (Lipinski definition) is 6. The summed E-state index contributed by atoms with van der Waals surface area (Å²) < 4.78 is 19.0. The molecule has 2 heterocycles. The molecular formula is C23H19ClFN3O3S. The normalized spacial score (nSPS) is 17.5. The molecule has 2 aromatic rings. The summed E-state index contributed by atoms with van der Waals surface area (Å²) in [7, 11) is 1.31. The van der Waals surface area contributed by atoms with Crippen molar-refractivity contribution in [3.05, 3.63) is 87.3 Å². The second-order valence-corrected chi connectivity index (χ2v) is 8.42. The highest BCUT2D eigenvalue weighted by molar-refractivity contribution is 8.16. The Morgan fingerprint density at radius 1 is 1.25 bits per heavy atom. The molecule has 2 aromatic carbocycles. The number of nitrogens with one attached hydrogen (secondary N) is 1. The number of aliphatic imine (C=N–C) groups is 1. The molecule has 6 nitrogen and oxygen atoms in total. The Morgan fingerprint density at radius 2 is 2.03 bits per heavy atom. The molecule has 0 saturated heterocycles. The number of carbonyl (C=O) groups excluding carboxylic acids is 2. The van der Waals surface area contributed by atoms with Crippen LogP contribution in [0.1, 0.15) is 24.9 Å². The first-order valence-corrected chi connectivity index (χ1v) is 11.0. The number of rotatable bonds is 5. The minimum absolute atomic E-state index is 0.0368. The van der Waals surface area contributed by atoms with Gasteiger partial charge in [-0.1, -0.05) is 47.6 Å². The number of benzene rings is 2. The van der Waals surface area contributed by atoms with Crippen LogP contribution in [-0.2, 0) is 14.3 Å². The Balaban J connectivity index is 1.68. The molecule has 0 aromatic heterocycles. The van der Waals surface area contributed by atoms with Crippen molar-refractivity contribution in [1.82, 2.24) is 4.90 Å². The maximum Gasteiger partial charge on any atom is 0.338 e. The molecule has 1 unspecified atom stereocenters. The number of anilines is 1. The van der Waals surface area contributed by atoms with E-state index in [9.17, 15) is 14.0 Å².